The Morgan fingerprint density at radius 2 is 1.12 bits per heavy atom. The fraction of sp³-hybridized carbons (Fsp3) is 1.00. The van der Waals surface area contributed by atoms with Gasteiger partial charge < -0.3 is 10.2 Å². The lowest BCUT2D eigenvalue weighted by Crippen LogP contribution is -2.17. The minimum absolute atomic E-state index is 0.159. The van der Waals surface area contributed by atoms with E-state index in [1.807, 2.05) is 27.7 Å². The van der Waals surface area contributed by atoms with Gasteiger partial charge in [-0.05, 0) is 27.7 Å². The summed E-state index contributed by atoms with van der Waals surface area (Å²) in [6.45, 7) is 8.22. The zero-order valence-corrected chi connectivity index (χ0v) is 12.1. The third-order valence-electron chi connectivity index (χ3n) is 1.62. The summed E-state index contributed by atoms with van der Waals surface area (Å²) in [5.74, 6) is 1.33. The van der Waals surface area contributed by atoms with Crippen LogP contribution in [0, 0.1) is 0 Å². The van der Waals surface area contributed by atoms with Crippen molar-refractivity contribution in [3.05, 3.63) is 0 Å². The van der Waals surface area contributed by atoms with Crippen molar-refractivity contribution in [2.45, 2.75) is 37.4 Å². The molecule has 0 aromatic heterocycles. The molecular weight excluding hydrogens is 244 g/mol. The van der Waals surface area contributed by atoms with E-state index in [-0.39, 0.29) is 23.0 Å². The molecule has 0 atom stereocenters. The Labute approximate surface area is 106 Å². The van der Waals surface area contributed by atoms with Gasteiger partial charge in [-0.15, -0.1) is 23.5 Å². The van der Waals surface area contributed by atoms with Gasteiger partial charge in [-0.3, -0.25) is 0 Å². The van der Waals surface area contributed by atoms with Gasteiger partial charge in [0, 0.05) is 11.5 Å². The Morgan fingerprint density at radius 1 is 0.812 bits per heavy atom. The predicted octanol–water partition coefficient (Wildman–Crippen LogP) is 2.36. The van der Waals surface area contributed by atoms with Gasteiger partial charge in [0.25, 0.3) is 0 Å². The number of azo groups is 1. The van der Waals surface area contributed by atoms with Gasteiger partial charge in [-0.1, -0.05) is 0 Å². The lowest BCUT2D eigenvalue weighted by Gasteiger charge is -2.22. The van der Waals surface area contributed by atoms with Crippen LogP contribution in [-0.2, 0) is 0 Å². The first-order valence-corrected chi connectivity index (χ1v) is 7.24. The zero-order valence-electron chi connectivity index (χ0n) is 10.4. The fourth-order valence-electron chi connectivity index (χ4n) is 0.889. The summed E-state index contributed by atoms with van der Waals surface area (Å²) in [5, 5.41) is 26.1. The largest absolute Gasteiger partial charge is 0.396 e. The molecule has 0 aromatic carbocycles. The SMILES string of the molecule is CC(C)(N=NC(C)(C)SCCO)SCCO. The van der Waals surface area contributed by atoms with E-state index < -0.39 is 0 Å². The summed E-state index contributed by atoms with van der Waals surface area (Å²) in [6.07, 6.45) is 0. The van der Waals surface area contributed by atoms with Crippen LogP contribution in [0.4, 0.5) is 0 Å². The zero-order chi connectivity index (χ0) is 12.7. The molecule has 2 N–H and O–H groups in total. The third kappa shape index (κ3) is 8.38. The van der Waals surface area contributed by atoms with Crippen LogP contribution in [-0.4, -0.2) is 44.7 Å². The number of aliphatic hydroxyl groups is 2. The normalized spacial score (nSPS) is 13.6. The molecule has 0 heterocycles. The highest BCUT2D eigenvalue weighted by molar-refractivity contribution is 8.00. The highest BCUT2D eigenvalue weighted by atomic mass is 32.2. The Balaban J connectivity index is 4.21. The maximum Gasteiger partial charge on any atom is 0.121 e. The molecule has 0 unspecified atom stereocenters. The van der Waals surface area contributed by atoms with Crippen LogP contribution in [0.3, 0.4) is 0 Å². The van der Waals surface area contributed by atoms with Gasteiger partial charge >= 0.3 is 0 Å². The number of thioether (sulfide) groups is 2. The first kappa shape index (κ1) is 16.2. The second-order valence-corrected chi connectivity index (χ2v) is 7.63. The van der Waals surface area contributed by atoms with Gasteiger partial charge in [0.05, 0.1) is 13.2 Å². The molecule has 0 aromatic rings. The van der Waals surface area contributed by atoms with E-state index in [0.29, 0.717) is 11.5 Å². The van der Waals surface area contributed by atoms with Gasteiger partial charge in [0.2, 0.25) is 0 Å². The number of nitrogens with zero attached hydrogens (tertiary/aromatic N) is 2. The van der Waals surface area contributed by atoms with Crippen molar-refractivity contribution >= 4 is 23.5 Å². The molecule has 0 aliphatic rings. The summed E-state index contributed by atoms with van der Waals surface area (Å²) in [5.41, 5.74) is 0. The van der Waals surface area contributed by atoms with Gasteiger partial charge in [0.15, 0.2) is 0 Å². The fourth-order valence-corrected chi connectivity index (χ4v) is 2.27. The molecule has 0 aliphatic heterocycles. The predicted molar refractivity (Wildman–Crippen MR) is 72.1 cm³/mol. The highest BCUT2D eigenvalue weighted by Crippen LogP contribution is 2.31. The monoisotopic (exact) mass is 266 g/mol. The topological polar surface area (TPSA) is 65.2 Å². The molecule has 0 amide bonds. The van der Waals surface area contributed by atoms with Crippen LogP contribution >= 0.6 is 23.5 Å². The van der Waals surface area contributed by atoms with Crippen LogP contribution in [0.25, 0.3) is 0 Å². The Bertz CT molecular complexity index is 199. The van der Waals surface area contributed by atoms with Crippen molar-refractivity contribution < 1.29 is 10.2 Å². The van der Waals surface area contributed by atoms with E-state index in [4.69, 9.17) is 10.2 Å². The van der Waals surface area contributed by atoms with Crippen molar-refractivity contribution in [2.75, 3.05) is 24.7 Å². The number of rotatable bonds is 8. The van der Waals surface area contributed by atoms with E-state index in [2.05, 4.69) is 10.2 Å². The number of aliphatic hydroxyl groups excluding tert-OH is 2. The molecular formula is C10H22N2O2S2. The molecule has 0 fully saturated rings. The van der Waals surface area contributed by atoms with E-state index in [1.165, 1.54) is 0 Å². The molecule has 0 rings (SSSR count). The summed E-state index contributed by atoms with van der Waals surface area (Å²) in [6, 6.07) is 0. The van der Waals surface area contributed by atoms with Crippen LogP contribution in [0.1, 0.15) is 27.7 Å². The number of hydrogen-bond donors (Lipinski definition) is 2. The second-order valence-electron chi connectivity index (χ2n) is 4.24. The van der Waals surface area contributed by atoms with Gasteiger partial charge in [-0.25, -0.2) is 0 Å². The summed E-state index contributed by atoms with van der Waals surface area (Å²) in [7, 11) is 0. The molecule has 0 saturated heterocycles. The lowest BCUT2D eigenvalue weighted by atomic mass is 10.4. The third-order valence-corrected chi connectivity index (χ3v) is 3.97. The first-order valence-electron chi connectivity index (χ1n) is 5.27. The quantitative estimate of drug-likeness (QED) is 0.662. The molecule has 4 nitrogen and oxygen atoms in total. The highest BCUT2D eigenvalue weighted by Gasteiger charge is 2.21. The summed E-state index contributed by atoms with van der Waals surface area (Å²) in [4.78, 5) is -0.612. The minimum Gasteiger partial charge on any atom is -0.396 e. The average molecular weight is 266 g/mol. The molecule has 0 radical (unpaired) electrons. The van der Waals surface area contributed by atoms with Crippen molar-refractivity contribution in [3.8, 4) is 0 Å². The van der Waals surface area contributed by atoms with Crippen molar-refractivity contribution in [3.63, 3.8) is 0 Å². The van der Waals surface area contributed by atoms with Crippen molar-refractivity contribution in [1.29, 1.82) is 0 Å². The Morgan fingerprint density at radius 3 is 1.38 bits per heavy atom. The van der Waals surface area contributed by atoms with Crippen LogP contribution in [0.2, 0.25) is 0 Å². The van der Waals surface area contributed by atoms with Crippen LogP contribution < -0.4 is 0 Å². The Kier molecular flexibility index (Phi) is 7.63. The van der Waals surface area contributed by atoms with Gasteiger partial charge in [-0.2, -0.15) is 10.2 Å². The summed E-state index contributed by atoms with van der Waals surface area (Å²) >= 11 is 3.15. The molecule has 16 heavy (non-hydrogen) atoms. The Hall–Kier alpha value is 0.220. The maximum absolute atomic E-state index is 8.75. The lowest BCUT2D eigenvalue weighted by molar-refractivity contribution is 0.321. The smallest absolute Gasteiger partial charge is 0.121 e. The molecule has 0 aliphatic carbocycles. The van der Waals surface area contributed by atoms with Crippen LogP contribution in [0.5, 0.6) is 0 Å². The van der Waals surface area contributed by atoms with E-state index in [9.17, 15) is 0 Å². The molecule has 96 valence electrons. The first-order chi connectivity index (χ1) is 7.33. The summed E-state index contributed by atoms with van der Waals surface area (Å²) < 4.78 is 0. The molecule has 0 saturated carbocycles. The van der Waals surface area contributed by atoms with Crippen molar-refractivity contribution in [2.24, 2.45) is 10.2 Å². The number of hydrogen-bond acceptors (Lipinski definition) is 6. The van der Waals surface area contributed by atoms with Crippen molar-refractivity contribution in [1.82, 2.24) is 0 Å². The molecule has 6 heteroatoms. The van der Waals surface area contributed by atoms with E-state index in [0.717, 1.165) is 0 Å². The van der Waals surface area contributed by atoms with Crippen LogP contribution in [0.15, 0.2) is 10.2 Å². The molecule has 0 bridgehead atoms. The average Bonchev–Trinajstić information content (AvgIpc) is 2.22. The molecule has 0 spiro atoms. The second kappa shape index (κ2) is 7.53. The van der Waals surface area contributed by atoms with Gasteiger partial charge in [0.1, 0.15) is 9.74 Å². The van der Waals surface area contributed by atoms with E-state index >= 15 is 0 Å². The minimum atomic E-state index is -0.306. The standard InChI is InChI=1S/C10H22N2O2S2/c1-9(2,15-7-5-13)11-12-10(3,4)16-8-6-14/h13-14H,5-8H2,1-4H3. The maximum atomic E-state index is 8.75. The van der Waals surface area contributed by atoms with E-state index in [1.54, 1.807) is 23.5 Å².